The van der Waals surface area contributed by atoms with Crippen LogP contribution in [0.1, 0.15) is 53.4 Å². The molecule has 24 heavy (non-hydrogen) atoms. The van der Waals surface area contributed by atoms with Crippen LogP contribution >= 0.6 is 0 Å². The second-order valence-electron chi connectivity index (χ2n) is 5.84. The first-order valence-electron chi connectivity index (χ1n) is 8.67. The van der Waals surface area contributed by atoms with Crippen molar-refractivity contribution >= 4 is 17.8 Å². The Balaban J connectivity index is 3.23. The van der Waals surface area contributed by atoms with Gasteiger partial charge >= 0.3 is 11.9 Å². The molecular weight excluding hydrogens is 314 g/mol. The standard InChI is InChI=1S/C17H29NO6/c1-5-22-15(20)14(16(21)23-6-2)13-10-8-9-11-17(13,24-7-3)18-12(4)19/h13-14H,5-11H2,1-4H3,(H,18,19). The van der Waals surface area contributed by atoms with Crippen molar-refractivity contribution in [3.8, 4) is 0 Å². The van der Waals surface area contributed by atoms with Crippen molar-refractivity contribution < 1.29 is 28.6 Å². The van der Waals surface area contributed by atoms with E-state index in [4.69, 9.17) is 14.2 Å². The fourth-order valence-corrected chi connectivity index (χ4v) is 3.42. The van der Waals surface area contributed by atoms with E-state index in [1.807, 2.05) is 6.92 Å². The van der Waals surface area contributed by atoms with Crippen LogP contribution in [0.2, 0.25) is 0 Å². The Morgan fingerprint density at radius 1 is 1.04 bits per heavy atom. The van der Waals surface area contributed by atoms with Gasteiger partial charge in [-0.3, -0.25) is 14.4 Å². The molecule has 0 saturated heterocycles. The SMILES string of the molecule is CCOC(=O)C(C(=O)OCC)C1CCCCC1(NC(C)=O)OCC. The molecule has 1 saturated carbocycles. The Kier molecular flexibility index (Phi) is 8.18. The molecule has 2 unspecified atom stereocenters. The normalized spacial score (nSPS) is 23.6. The Hall–Kier alpha value is -1.63. The molecule has 7 nitrogen and oxygen atoms in total. The monoisotopic (exact) mass is 343 g/mol. The van der Waals surface area contributed by atoms with Gasteiger partial charge in [-0.15, -0.1) is 0 Å². The molecule has 138 valence electrons. The minimum absolute atomic E-state index is 0.170. The van der Waals surface area contributed by atoms with Crippen LogP contribution in [0.4, 0.5) is 0 Å². The summed E-state index contributed by atoms with van der Waals surface area (Å²) in [5.41, 5.74) is -1.05. The molecule has 0 aromatic carbocycles. The van der Waals surface area contributed by atoms with E-state index in [0.717, 1.165) is 12.8 Å². The van der Waals surface area contributed by atoms with Crippen LogP contribution in [0.3, 0.4) is 0 Å². The second-order valence-corrected chi connectivity index (χ2v) is 5.84. The summed E-state index contributed by atoms with van der Waals surface area (Å²) < 4.78 is 16.1. The molecule has 1 rings (SSSR count). The third kappa shape index (κ3) is 4.93. The maximum absolute atomic E-state index is 12.4. The summed E-state index contributed by atoms with van der Waals surface area (Å²) in [6, 6.07) is 0. The zero-order valence-electron chi connectivity index (χ0n) is 15.1. The topological polar surface area (TPSA) is 90.9 Å². The number of rotatable bonds is 8. The summed E-state index contributed by atoms with van der Waals surface area (Å²) in [4.78, 5) is 36.6. The third-order valence-corrected chi connectivity index (χ3v) is 4.19. The molecule has 1 N–H and O–H groups in total. The van der Waals surface area contributed by atoms with Gasteiger partial charge in [-0.25, -0.2) is 0 Å². The fraction of sp³-hybridized carbons (Fsp3) is 0.824. The highest BCUT2D eigenvalue weighted by Gasteiger charge is 2.52. The Morgan fingerprint density at radius 3 is 2.08 bits per heavy atom. The molecule has 2 atom stereocenters. The smallest absolute Gasteiger partial charge is 0.320 e. The summed E-state index contributed by atoms with van der Waals surface area (Å²) in [5, 5.41) is 2.84. The minimum Gasteiger partial charge on any atom is -0.465 e. The third-order valence-electron chi connectivity index (χ3n) is 4.19. The molecule has 0 heterocycles. The van der Waals surface area contributed by atoms with Gasteiger partial charge < -0.3 is 19.5 Å². The maximum atomic E-state index is 12.4. The van der Waals surface area contributed by atoms with Crippen molar-refractivity contribution in [3.05, 3.63) is 0 Å². The van der Waals surface area contributed by atoms with Crippen LogP contribution in [-0.2, 0) is 28.6 Å². The highest BCUT2D eigenvalue weighted by atomic mass is 16.6. The van der Waals surface area contributed by atoms with E-state index >= 15 is 0 Å². The van der Waals surface area contributed by atoms with Gasteiger partial charge in [0.05, 0.1) is 13.2 Å². The summed E-state index contributed by atoms with van der Waals surface area (Å²) in [6.45, 7) is 7.28. The lowest BCUT2D eigenvalue weighted by Gasteiger charge is -2.45. The van der Waals surface area contributed by atoms with Crippen molar-refractivity contribution in [3.63, 3.8) is 0 Å². The molecule has 0 bridgehead atoms. The predicted octanol–water partition coefficient (Wildman–Crippen LogP) is 1.79. The van der Waals surface area contributed by atoms with E-state index in [2.05, 4.69) is 5.32 Å². The lowest BCUT2D eigenvalue weighted by atomic mass is 9.73. The molecule has 0 aromatic heterocycles. The van der Waals surface area contributed by atoms with Crippen LogP contribution in [0, 0.1) is 11.8 Å². The van der Waals surface area contributed by atoms with Crippen molar-refractivity contribution in [2.24, 2.45) is 11.8 Å². The van der Waals surface area contributed by atoms with Crippen molar-refractivity contribution in [2.75, 3.05) is 19.8 Å². The lowest BCUT2D eigenvalue weighted by Crippen LogP contribution is -2.60. The molecule has 1 fully saturated rings. The highest BCUT2D eigenvalue weighted by molar-refractivity contribution is 5.95. The molecule has 1 aliphatic carbocycles. The van der Waals surface area contributed by atoms with Crippen LogP contribution in [0.25, 0.3) is 0 Å². The molecule has 0 spiro atoms. The van der Waals surface area contributed by atoms with Gasteiger partial charge in [-0.2, -0.15) is 0 Å². The van der Waals surface area contributed by atoms with Gasteiger partial charge in [0.2, 0.25) is 5.91 Å². The Labute approximate surface area is 143 Å². The average Bonchev–Trinajstić information content (AvgIpc) is 2.49. The number of carbonyl (C=O) groups excluding carboxylic acids is 3. The summed E-state index contributed by atoms with van der Waals surface area (Å²) in [6.07, 6.45) is 2.80. The Morgan fingerprint density at radius 2 is 1.62 bits per heavy atom. The molecule has 1 amide bonds. The van der Waals surface area contributed by atoms with E-state index < -0.39 is 29.5 Å². The zero-order valence-corrected chi connectivity index (χ0v) is 15.1. The second kappa shape index (κ2) is 9.61. The summed E-state index contributed by atoms with van der Waals surface area (Å²) in [5.74, 6) is -3.15. The molecule has 7 heteroatoms. The summed E-state index contributed by atoms with van der Waals surface area (Å²) in [7, 11) is 0. The lowest BCUT2D eigenvalue weighted by molar-refractivity contribution is -0.186. The number of esters is 2. The van der Waals surface area contributed by atoms with Crippen LogP contribution < -0.4 is 5.32 Å². The van der Waals surface area contributed by atoms with Gasteiger partial charge in [0.15, 0.2) is 5.92 Å². The number of amides is 1. The number of ether oxygens (including phenoxy) is 3. The van der Waals surface area contributed by atoms with E-state index in [1.54, 1.807) is 13.8 Å². The van der Waals surface area contributed by atoms with E-state index in [1.165, 1.54) is 6.92 Å². The van der Waals surface area contributed by atoms with Gasteiger partial charge in [-0.05, 0) is 40.0 Å². The van der Waals surface area contributed by atoms with Crippen LogP contribution in [-0.4, -0.2) is 43.4 Å². The van der Waals surface area contributed by atoms with Crippen LogP contribution in [0.15, 0.2) is 0 Å². The fourth-order valence-electron chi connectivity index (χ4n) is 3.42. The van der Waals surface area contributed by atoms with Gasteiger partial charge in [-0.1, -0.05) is 6.42 Å². The van der Waals surface area contributed by atoms with E-state index in [0.29, 0.717) is 19.4 Å². The van der Waals surface area contributed by atoms with Gasteiger partial charge in [0, 0.05) is 19.4 Å². The number of nitrogens with one attached hydrogen (secondary N) is 1. The van der Waals surface area contributed by atoms with Gasteiger partial charge in [0.25, 0.3) is 0 Å². The number of carbonyl (C=O) groups is 3. The average molecular weight is 343 g/mol. The quantitative estimate of drug-likeness (QED) is 0.410. The number of hydrogen-bond donors (Lipinski definition) is 1. The summed E-state index contributed by atoms with van der Waals surface area (Å²) >= 11 is 0. The molecule has 0 aromatic rings. The van der Waals surface area contributed by atoms with E-state index in [-0.39, 0.29) is 19.1 Å². The van der Waals surface area contributed by atoms with Crippen molar-refractivity contribution in [1.29, 1.82) is 0 Å². The maximum Gasteiger partial charge on any atom is 0.320 e. The molecule has 0 aliphatic heterocycles. The predicted molar refractivity (Wildman–Crippen MR) is 86.9 cm³/mol. The van der Waals surface area contributed by atoms with Crippen molar-refractivity contribution in [2.45, 2.75) is 59.1 Å². The minimum atomic E-state index is -1.11. The Bertz CT molecular complexity index is 430. The molecule has 1 aliphatic rings. The van der Waals surface area contributed by atoms with E-state index in [9.17, 15) is 14.4 Å². The first-order chi connectivity index (χ1) is 11.4. The first-order valence-corrected chi connectivity index (χ1v) is 8.67. The van der Waals surface area contributed by atoms with Gasteiger partial charge in [0.1, 0.15) is 5.72 Å². The highest BCUT2D eigenvalue weighted by Crippen LogP contribution is 2.40. The zero-order chi connectivity index (χ0) is 18.2. The molecular formula is C17H29NO6. The molecule has 0 radical (unpaired) electrons. The van der Waals surface area contributed by atoms with Crippen molar-refractivity contribution in [1.82, 2.24) is 5.32 Å². The number of hydrogen-bond acceptors (Lipinski definition) is 6. The largest absolute Gasteiger partial charge is 0.465 e. The van der Waals surface area contributed by atoms with Crippen LogP contribution in [0.5, 0.6) is 0 Å². The first kappa shape index (κ1) is 20.4.